The van der Waals surface area contributed by atoms with Gasteiger partial charge in [-0.2, -0.15) is 0 Å². The van der Waals surface area contributed by atoms with Crippen LogP contribution in [0, 0.1) is 5.41 Å². The molecule has 24 heavy (non-hydrogen) atoms. The Labute approximate surface area is 144 Å². The fourth-order valence-corrected chi connectivity index (χ4v) is 2.57. The van der Waals surface area contributed by atoms with E-state index in [1.165, 1.54) is 5.57 Å². The van der Waals surface area contributed by atoms with Gasteiger partial charge in [0.05, 0.1) is 0 Å². The zero-order chi connectivity index (χ0) is 17.7. The van der Waals surface area contributed by atoms with E-state index in [4.69, 9.17) is 0 Å². The highest BCUT2D eigenvalue weighted by atomic mass is 16.1. The third-order valence-corrected chi connectivity index (χ3v) is 3.73. The number of aryl methyl sites for hydroxylation is 1. The summed E-state index contributed by atoms with van der Waals surface area (Å²) in [5, 5.41) is 2.86. The van der Waals surface area contributed by atoms with Gasteiger partial charge < -0.3 is 5.32 Å². The Bertz CT molecular complexity index is 737. The second-order valence-corrected chi connectivity index (χ2v) is 7.13. The summed E-state index contributed by atoms with van der Waals surface area (Å²) in [5.74, 6) is 0.451. The van der Waals surface area contributed by atoms with Crippen LogP contribution < -0.4 is 5.32 Å². The number of benzene rings is 1. The van der Waals surface area contributed by atoms with Crippen LogP contribution in [0.15, 0.2) is 48.7 Å². The van der Waals surface area contributed by atoms with Gasteiger partial charge in [0.2, 0.25) is 0 Å². The fourth-order valence-electron chi connectivity index (χ4n) is 2.57. The van der Waals surface area contributed by atoms with E-state index in [2.05, 4.69) is 51.0 Å². The van der Waals surface area contributed by atoms with Crippen LogP contribution in [-0.4, -0.2) is 10.9 Å². The van der Waals surface area contributed by atoms with Gasteiger partial charge in [-0.3, -0.25) is 4.79 Å². The van der Waals surface area contributed by atoms with Crippen molar-refractivity contribution in [2.45, 2.75) is 41.0 Å². The van der Waals surface area contributed by atoms with E-state index < -0.39 is 0 Å². The van der Waals surface area contributed by atoms with Crippen molar-refractivity contribution in [3.63, 3.8) is 0 Å². The van der Waals surface area contributed by atoms with E-state index in [0.29, 0.717) is 11.4 Å². The zero-order valence-corrected chi connectivity index (χ0v) is 15.2. The topological polar surface area (TPSA) is 42.0 Å². The van der Waals surface area contributed by atoms with E-state index in [0.717, 1.165) is 17.5 Å². The maximum atomic E-state index is 12.4. The zero-order valence-electron chi connectivity index (χ0n) is 15.2. The minimum absolute atomic E-state index is 0.135. The Morgan fingerprint density at radius 3 is 2.33 bits per heavy atom. The third-order valence-electron chi connectivity index (χ3n) is 3.73. The number of anilines is 1. The molecule has 2 aromatic rings. The van der Waals surface area contributed by atoms with Crippen LogP contribution >= 0.6 is 0 Å². The van der Waals surface area contributed by atoms with Crippen molar-refractivity contribution in [3.8, 4) is 0 Å². The van der Waals surface area contributed by atoms with Gasteiger partial charge in [-0.25, -0.2) is 4.98 Å². The smallest absolute Gasteiger partial charge is 0.256 e. The molecule has 0 radical (unpaired) electrons. The average molecular weight is 322 g/mol. The van der Waals surface area contributed by atoms with Crippen LogP contribution in [0.25, 0.3) is 5.57 Å². The van der Waals surface area contributed by atoms with Gasteiger partial charge in [-0.1, -0.05) is 45.9 Å². The van der Waals surface area contributed by atoms with Crippen molar-refractivity contribution in [1.29, 1.82) is 0 Å². The Hall–Kier alpha value is -2.42. The molecule has 1 aromatic heterocycles. The molecular formula is C21H26N2O. The number of carbonyl (C=O) groups is 1. The molecule has 1 aromatic carbocycles. The Balaban J connectivity index is 2.12. The molecular weight excluding hydrogens is 296 g/mol. The standard InChI is InChI=1S/C21H26N2O/c1-6-16-11-12-22-19(13-16)23-20(24)18-9-7-17(8-10-18)15(2)14-21(3,4)5/h7-14H,6H2,1-5H3,(H,22,23,24)/b15-14+. The van der Waals surface area contributed by atoms with E-state index in [-0.39, 0.29) is 11.3 Å². The number of amides is 1. The summed E-state index contributed by atoms with van der Waals surface area (Å²) >= 11 is 0. The minimum Gasteiger partial charge on any atom is -0.307 e. The van der Waals surface area contributed by atoms with Crippen LogP contribution in [0.2, 0.25) is 0 Å². The summed E-state index contributed by atoms with van der Waals surface area (Å²) in [6.07, 6.45) is 4.87. The van der Waals surface area contributed by atoms with Crippen molar-refractivity contribution < 1.29 is 4.79 Å². The molecule has 0 atom stereocenters. The summed E-state index contributed by atoms with van der Waals surface area (Å²) in [7, 11) is 0. The number of hydrogen-bond acceptors (Lipinski definition) is 2. The Kier molecular flexibility index (Phi) is 5.55. The summed E-state index contributed by atoms with van der Waals surface area (Å²) in [6, 6.07) is 11.5. The summed E-state index contributed by atoms with van der Waals surface area (Å²) < 4.78 is 0. The average Bonchev–Trinajstić information content (AvgIpc) is 2.53. The van der Waals surface area contributed by atoms with Crippen LogP contribution in [0.5, 0.6) is 0 Å². The van der Waals surface area contributed by atoms with Crippen molar-refractivity contribution >= 4 is 17.3 Å². The number of nitrogens with one attached hydrogen (secondary N) is 1. The number of carbonyl (C=O) groups excluding carboxylic acids is 1. The van der Waals surface area contributed by atoms with Crippen LogP contribution in [0.1, 0.15) is 56.1 Å². The first kappa shape index (κ1) is 17.9. The van der Waals surface area contributed by atoms with Crippen molar-refractivity contribution in [2.75, 3.05) is 5.32 Å². The Morgan fingerprint density at radius 2 is 1.75 bits per heavy atom. The molecule has 0 spiro atoms. The number of allylic oxidation sites excluding steroid dienone is 2. The summed E-state index contributed by atoms with van der Waals surface area (Å²) in [5.41, 5.74) is 4.26. The van der Waals surface area contributed by atoms with E-state index in [1.807, 2.05) is 36.4 Å². The molecule has 0 aliphatic heterocycles. The molecule has 3 nitrogen and oxygen atoms in total. The highest BCUT2D eigenvalue weighted by molar-refractivity contribution is 6.03. The predicted molar refractivity (Wildman–Crippen MR) is 101 cm³/mol. The first-order chi connectivity index (χ1) is 11.3. The van der Waals surface area contributed by atoms with Crippen LogP contribution in [-0.2, 0) is 6.42 Å². The fraction of sp³-hybridized carbons (Fsp3) is 0.333. The minimum atomic E-state index is -0.139. The third kappa shape index (κ3) is 5.05. The first-order valence-corrected chi connectivity index (χ1v) is 8.34. The quantitative estimate of drug-likeness (QED) is 0.825. The molecule has 0 fully saturated rings. The monoisotopic (exact) mass is 322 g/mol. The van der Waals surface area contributed by atoms with Crippen molar-refractivity contribution in [3.05, 3.63) is 65.4 Å². The van der Waals surface area contributed by atoms with Gasteiger partial charge in [0.1, 0.15) is 5.82 Å². The molecule has 0 aliphatic carbocycles. The molecule has 1 amide bonds. The molecule has 0 saturated heterocycles. The maximum absolute atomic E-state index is 12.4. The second-order valence-electron chi connectivity index (χ2n) is 7.13. The SMILES string of the molecule is CCc1ccnc(NC(=O)c2ccc(/C(C)=C/C(C)(C)C)cc2)c1. The first-order valence-electron chi connectivity index (χ1n) is 8.34. The lowest BCUT2D eigenvalue weighted by molar-refractivity contribution is 0.102. The number of aromatic nitrogens is 1. The lowest BCUT2D eigenvalue weighted by Crippen LogP contribution is -2.13. The molecule has 126 valence electrons. The molecule has 0 bridgehead atoms. The normalized spacial score (nSPS) is 12.1. The number of nitrogens with zero attached hydrogens (tertiary/aromatic N) is 1. The van der Waals surface area contributed by atoms with E-state index >= 15 is 0 Å². The molecule has 1 N–H and O–H groups in total. The number of rotatable bonds is 4. The highest BCUT2D eigenvalue weighted by Crippen LogP contribution is 2.23. The van der Waals surface area contributed by atoms with Crippen LogP contribution in [0.4, 0.5) is 5.82 Å². The Morgan fingerprint density at radius 1 is 1.12 bits per heavy atom. The van der Waals surface area contributed by atoms with Gasteiger partial charge >= 0.3 is 0 Å². The second kappa shape index (κ2) is 7.43. The van der Waals surface area contributed by atoms with Crippen molar-refractivity contribution in [2.24, 2.45) is 5.41 Å². The lowest BCUT2D eigenvalue weighted by Gasteiger charge is -2.14. The van der Waals surface area contributed by atoms with Gasteiger partial charge in [0, 0.05) is 11.8 Å². The molecule has 3 heteroatoms. The van der Waals surface area contributed by atoms with E-state index in [1.54, 1.807) is 6.20 Å². The molecule has 2 rings (SSSR count). The molecule has 0 unspecified atom stereocenters. The maximum Gasteiger partial charge on any atom is 0.256 e. The lowest BCUT2D eigenvalue weighted by atomic mass is 9.91. The number of hydrogen-bond donors (Lipinski definition) is 1. The summed E-state index contributed by atoms with van der Waals surface area (Å²) in [6.45, 7) is 10.7. The molecule has 1 heterocycles. The van der Waals surface area contributed by atoms with Gasteiger partial charge in [-0.15, -0.1) is 0 Å². The largest absolute Gasteiger partial charge is 0.307 e. The molecule has 0 aliphatic rings. The van der Waals surface area contributed by atoms with Gasteiger partial charge in [0.15, 0.2) is 0 Å². The predicted octanol–water partition coefficient (Wildman–Crippen LogP) is 5.35. The molecule has 0 saturated carbocycles. The summed E-state index contributed by atoms with van der Waals surface area (Å²) in [4.78, 5) is 16.6. The van der Waals surface area contributed by atoms with Gasteiger partial charge in [-0.05, 0) is 59.7 Å². The number of pyridine rings is 1. The van der Waals surface area contributed by atoms with Crippen LogP contribution in [0.3, 0.4) is 0 Å². The van der Waals surface area contributed by atoms with Crippen molar-refractivity contribution in [1.82, 2.24) is 4.98 Å². The highest BCUT2D eigenvalue weighted by Gasteiger charge is 2.10. The van der Waals surface area contributed by atoms with Gasteiger partial charge in [0.25, 0.3) is 5.91 Å². The van der Waals surface area contributed by atoms with E-state index in [9.17, 15) is 4.79 Å².